The van der Waals surface area contributed by atoms with Crippen LogP contribution in [0.15, 0.2) is 59.1 Å². The van der Waals surface area contributed by atoms with Gasteiger partial charge in [-0.1, -0.05) is 64.3 Å². The number of nitrogens with one attached hydrogen (secondary N) is 1. The van der Waals surface area contributed by atoms with Crippen molar-refractivity contribution in [3.8, 4) is 11.6 Å². The quantitative estimate of drug-likeness (QED) is 0.385. The summed E-state index contributed by atoms with van der Waals surface area (Å²) in [6, 6.07) is 17.8. The van der Waals surface area contributed by atoms with E-state index in [0.29, 0.717) is 13.2 Å². The van der Waals surface area contributed by atoms with Crippen LogP contribution in [0.3, 0.4) is 0 Å². The van der Waals surface area contributed by atoms with E-state index in [4.69, 9.17) is 4.52 Å². The smallest absolute Gasteiger partial charge is 0.294 e. The van der Waals surface area contributed by atoms with E-state index in [-0.39, 0.29) is 5.41 Å². The zero-order valence-corrected chi connectivity index (χ0v) is 18.8. The second kappa shape index (κ2) is 9.71. The molecule has 0 heterocycles. The van der Waals surface area contributed by atoms with E-state index in [0.717, 1.165) is 15.6 Å². The molecule has 0 radical (unpaired) electrons. The summed E-state index contributed by atoms with van der Waals surface area (Å²) in [5.41, 5.74) is 4.76. The van der Waals surface area contributed by atoms with Crippen LogP contribution in [-0.2, 0) is 15.6 Å². The average molecular weight is 448 g/mol. The van der Waals surface area contributed by atoms with E-state index in [1.807, 2.05) is 82.3 Å². The molecule has 2 aromatic carbocycles. The summed E-state index contributed by atoms with van der Waals surface area (Å²) in [6.07, 6.45) is 0. The van der Waals surface area contributed by atoms with Crippen molar-refractivity contribution >= 4 is 23.3 Å². The Hall–Kier alpha value is -1.37. The first-order valence-electron chi connectivity index (χ1n) is 9.05. The van der Waals surface area contributed by atoms with Crippen molar-refractivity contribution in [2.75, 3.05) is 6.61 Å². The molecule has 0 amide bonds. The van der Waals surface area contributed by atoms with Gasteiger partial charge in [-0.15, -0.1) is 0 Å². The van der Waals surface area contributed by atoms with Gasteiger partial charge in [-0.2, -0.15) is 0 Å². The first kappa shape index (κ1) is 21.9. The number of halogens is 1. The number of hydrogen-bond acceptors (Lipinski definition) is 3. The molecular weight excluding hydrogens is 421 g/mol. The average Bonchev–Trinajstić information content (AvgIpc) is 2.62. The van der Waals surface area contributed by atoms with Gasteiger partial charge in [-0.25, -0.2) is 0 Å². The molecule has 0 spiro atoms. The molecule has 2 atom stereocenters. The highest BCUT2D eigenvalue weighted by Gasteiger charge is 2.34. The van der Waals surface area contributed by atoms with Crippen LogP contribution >= 0.6 is 23.3 Å². The minimum atomic E-state index is -3.29. The molecule has 144 valence electrons. The monoisotopic (exact) mass is 447 g/mol. The zero-order chi connectivity index (χ0) is 19.9. The molecule has 3 nitrogen and oxygen atoms in total. The van der Waals surface area contributed by atoms with Crippen LogP contribution in [0.25, 0.3) is 0 Å². The lowest BCUT2D eigenvalue weighted by Crippen LogP contribution is -2.22. The Kier molecular flexibility index (Phi) is 7.89. The van der Waals surface area contributed by atoms with Crippen molar-refractivity contribution in [2.45, 2.75) is 40.0 Å². The van der Waals surface area contributed by atoms with Gasteiger partial charge in [0.1, 0.15) is 5.78 Å². The highest BCUT2D eigenvalue weighted by Crippen LogP contribution is 2.58. The first-order chi connectivity index (χ1) is 12.7. The van der Waals surface area contributed by atoms with Crippen LogP contribution in [0.5, 0.6) is 0 Å². The van der Waals surface area contributed by atoms with Crippen molar-refractivity contribution in [3.63, 3.8) is 0 Å². The summed E-state index contributed by atoms with van der Waals surface area (Å²) in [7, 11) is -3.29. The Labute approximate surface area is 171 Å². The highest BCUT2D eigenvalue weighted by atomic mass is 79.9. The maximum atomic E-state index is 13.8. The van der Waals surface area contributed by atoms with E-state index < -0.39 is 13.2 Å². The summed E-state index contributed by atoms with van der Waals surface area (Å²) >= 11 is 3.46. The van der Waals surface area contributed by atoms with E-state index in [9.17, 15) is 4.57 Å². The lowest BCUT2D eigenvalue weighted by molar-refractivity contribution is 0.328. The normalized spacial score (nSPS) is 14.7. The summed E-state index contributed by atoms with van der Waals surface area (Å²) in [4.78, 5) is 0. The largest absolute Gasteiger partial charge is 0.319 e. The van der Waals surface area contributed by atoms with Crippen molar-refractivity contribution in [3.05, 3.63) is 70.2 Å². The molecular formula is C22H27BrNO2P. The minimum Gasteiger partial charge on any atom is -0.319 e. The molecule has 0 fully saturated rings. The predicted molar refractivity (Wildman–Crippen MR) is 117 cm³/mol. The number of rotatable bonds is 7. The lowest BCUT2D eigenvalue weighted by atomic mass is 9.99. The maximum Gasteiger partial charge on any atom is 0.294 e. The Morgan fingerprint density at radius 3 is 2.30 bits per heavy atom. The summed E-state index contributed by atoms with van der Waals surface area (Å²) in [5.74, 6) is 2.62. The zero-order valence-electron chi connectivity index (χ0n) is 16.3. The molecule has 1 N–H and O–H groups in total. The lowest BCUT2D eigenvalue weighted by Gasteiger charge is -2.25. The van der Waals surface area contributed by atoms with Crippen LogP contribution in [0, 0.1) is 17.0 Å². The highest BCUT2D eigenvalue weighted by molar-refractivity contribution is 9.10. The molecule has 0 aliphatic carbocycles. The fourth-order valence-corrected chi connectivity index (χ4v) is 4.88. The molecule has 0 saturated carbocycles. The predicted octanol–water partition coefficient (Wildman–Crippen LogP) is 6.56. The van der Waals surface area contributed by atoms with Crippen LogP contribution in [-0.4, -0.2) is 6.61 Å². The van der Waals surface area contributed by atoms with E-state index in [2.05, 4.69) is 32.8 Å². The Bertz CT molecular complexity index is 833. The Morgan fingerprint density at radius 1 is 1.11 bits per heavy atom. The van der Waals surface area contributed by atoms with Crippen LogP contribution in [0.1, 0.15) is 44.6 Å². The molecule has 2 aromatic rings. The van der Waals surface area contributed by atoms with Gasteiger partial charge in [0.25, 0.3) is 7.37 Å². The number of benzene rings is 2. The summed E-state index contributed by atoms with van der Waals surface area (Å²) < 4.78 is 20.5. The van der Waals surface area contributed by atoms with Gasteiger partial charge in [-0.05, 0) is 56.6 Å². The van der Waals surface area contributed by atoms with Crippen molar-refractivity contribution in [1.29, 1.82) is 0 Å². The molecule has 0 aromatic heterocycles. The molecule has 2 rings (SSSR count). The summed E-state index contributed by atoms with van der Waals surface area (Å²) in [6.45, 7) is 8.78. The van der Waals surface area contributed by atoms with Gasteiger partial charge >= 0.3 is 0 Å². The van der Waals surface area contributed by atoms with Gasteiger partial charge in [0, 0.05) is 16.4 Å². The minimum absolute atomic E-state index is 0.254. The Morgan fingerprint density at radius 2 is 1.74 bits per heavy atom. The van der Waals surface area contributed by atoms with Gasteiger partial charge < -0.3 is 4.52 Å². The second-order valence-electron chi connectivity index (χ2n) is 7.32. The fourth-order valence-electron chi connectivity index (χ4n) is 2.50. The SMILES string of the molecule is CCO[P@@](=O)(C#CC(C)(C)C)[C@H](NCc1ccccc1)c1ccc(Br)cc1. The van der Waals surface area contributed by atoms with E-state index in [1.165, 1.54) is 0 Å². The van der Waals surface area contributed by atoms with E-state index in [1.54, 1.807) is 0 Å². The molecule has 0 unspecified atom stereocenters. The van der Waals surface area contributed by atoms with E-state index >= 15 is 0 Å². The second-order valence-corrected chi connectivity index (χ2v) is 10.4. The molecule has 0 aliphatic rings. The van der Waals surface area contributed by atoms with Crippen LogP contribution in [0.2, 0.25) is 0 Å². The van der Waals surface area contributed by atoms with Crippen molar-refractivity contribution in [1.82, 2.24) is 5.32 Å². The fraction of sp³-hybridized carbons (Fsp3) is 0.364. The number of hydrogen-bond donors (Lipinski definition) is 1. The first-order valence-corrected chi connectivity index (χ1v) is 11.5. The molecule has 27 heavy (non-hydrogen) atoms. The Balaban J connectivity index is 2.42. The molecule has 0 aliphatic heterocycles. The standard InChI is InChI=1S/C22H27BrNO2P/c1-5-26-27(25,16-15-22(2,3)4)21(19-11-13-20(23)14-12-19)24-17-18-9-7-6-8-10-18/h6-14,21,24H,5,17H2,1-4H3/t21-,27-/m0/s1. The topological polar surface area (TPSA) is 38.3 Å². The van der Waals surface area contributed by atoms with Crippen LogP contribution in [0.4, 0.5) is 0 Å². The third-order valence-electron chi connectivity index (χ3n) is 3.78. The van der Waals surface area contributed by atoms with Gasteiger partial charge in [0.2, 0.25) is 0 Å². The van der Waals surface area contributed by atoms with Crippen molar-refractivity contribution < 1.29 is 9.09 Å². The third-order valence-corrected chi connectivity index (χ3v) is 6.53. The molecule has 0 saturated heterocycles. The summed E-state index contributed by atoms with van der Waals surface area (Å²) in [5, 5.41) is 3.43. The van der Waals surface area contributed by atoms with Gasteiger partial charge in [0.15, 0.2) is 0 Å². The maximum absolute atomic E-state index is 13.8. The third kappa shape index (κ3) is 6.94. The van der Waals surface area contributed by atoms with Crippen LogP contribution < -0.4 is 5.32 Å². The molecule has 5 heteroatoms. The van der Waals surface area contributed by atoms with Gasteiger partial charge in [0.05, 0.1) is 6.61 Å². The molecule has 0 bridgehead atoms. The van der Waals surface area contributed by atoms with Gasteiger partial charge in [-0.3, -0.25) is 9.88 Å². The van der Waals surface area contributed by atoms with Crippen molar-refractivity contribution in [2.24, 2.45) is 5.41 Å².